The predicted octanol–water partition coefficient (Wildman–Crippen LogP) is 3.62. The molecule has 0 aliphatic carbocycles. The fraction of sp³-hybridized carbons (Fsp3) is 0.733. The van der Waals surface area contributed by atoms with Gasteiger partial charge in [0.2, 0.25) is 0 Å². The highest BCUT2D eigenvalue weighted by Crippen LogP contribution is 2.30. The first-order valence-electron chi connectivity index (χ1n) is 7.20. The smallest absolute Gasteiger partial charge is 0.0386 e. The Morgan fingerprint density at radius 3 is 3.00 bits per heavy atom. The summed E-state index contributed by atoms with van der Waals surface area (Å²) in [6, 6.07) is 4.83. The molecule has 1 aromatic heterocycles. The second-order valence-corrected chi connectivity index (χ2v) is 8.67. The minimum Gasteiger partial charge on any atom is -0.308 e. The van der Waals surface area contributed by atoms with Crippen LogP contribution in [0.1, 0.15) is 38.1 Å². The summed E-state index contributed by atoms with van der Waals surface area (Å²) in [5.41, 5.74) is 0. The molecule has 0 spiro atoms. The van der Waals surface area contributed by atoms with Gasteiger partial charge in [0.05, 0.1) is 0 Å². The van der Waals surface area contributed by atoms with Gasteiger partial charge in [-0.05, 0) is 31.3 Å². The van der Waals surface area contributed by atoms with Crippen LogP contribution < -0.4 is 5.32 Å². The standard InChI is InChI=1S/C15H26N2S2/c1-13(14-5-4-11-18-14)16-7-9-17-8-6-15(2,3)19-12-10-17/h4-5,11,13,16H,6-10,12H2,1-3H3. The van der Waals surface area contributed by atoms with E-state index >= 15 is 0 Å². The molecule has 2 heterocycles. The number of thiophene rings is 1. The maximum absolute atomic E-state index is 3.64. The van der Waals surface area contributed by atoms with Gasteiger partial charge in [-0.3, -0.25) is 0 Å². The van der Waals surface area contributed by atoms with Crippen LogP contribution in [0.25, 0.3) is 0 Å². The van der Waals surface area contributed by atoms with Crippen LogP contribution in [0, 0.1) is 0 Å². The molecule has 0 bridgehead atoms. The highest BCUT2D eigenvalue weighted by atomic mass is 32.2. The zero-order chi connectivity index (χ0) is 13.7. The largest absolute Gasteiger partial charge is 0.308 e. The molecule has 1 unspecified atom stereocenters. The SMILES string of the molecule is CC(NCCN1CCSC(C)(C)CC1)c1cccs1. The van der Waals surface area contributed by atoms with Crippen LogP contribution >= 0.6 is 23.1 Å². The van der Waals surface area contributed by atoms with Crippen molar-refractivity contribution < 1.29 is 0 Å². The minimum atomic E-state index is 0.465. The van der Waals surface area contributed by atoms with Gasteiger partial charge in [0.15, 0.2) is 0 Å². The zero-order valence-corrected chi connectivity index (χ0v) is 13.9. The van der Waals surface area contributed by atoms with E-state index in [4.69, 9.17) is 0 Å². The number of hydrogen-bond donors (Lipinski definition) is 1. The Labute approximate surface area is 126 Å². The third-order valence-electron chi connectivity index (χ3n) is 3.78. The molecule has 2 nitrogen and oxygen atoms in total. The molecule has 1 saturated heterocycles. The van der Waals surface area contributed by atoms with Gasteiger partial charge in [0.1, 0.15) is 0 Å². The van der Waals surface area contributed by atoms with Gasteiger partial charge < -0.3 is 10.2 Å². The molecule has 1 atom stereocenters. The summed E-state index contributed by atoms with van der Waals surface area (Å²) in [4.78, 5) is 4.04. The average Bonchev–Trinajstić information content (AvgIpc) is 2.83. The Hall–Kier alpha value is -0.0300. The molecule has 0 amide bonds. The van der Waals surface area contributed by atoms with E-state index in [1.54, 1.807) is 0 Å². The summed E-state index contributed by atoms with van der Waals surface area (Å²) in [5, 5.41) is 5.79. The van der Waals surface area contributed by atoms with E-state index in [1.165, 1.54) is 36.7 Å². The van der Waals surface area contributed by atoms with Crippen LogP contribution in [0.5, 0.6) is 0 Å². The summed E-state index contributed by atoms with van der Waals surface area (Å²) in [5.74, 6) is 1.27. The monoisotopic (exact) mass is 298 g/mol. The van der Waals surface area contributed by atoms with E-state index in [-0.39, 0.29) is 0 Å². The average molecular weight is 299 g/mol. The first-order chi connectivity index (χ1) is 9.07. The quantitative estimate of drug-likeness (QED) is 0.894. The zero-order valence-electron chi connectivity index (χ0n) is 12.3. The van der Waals surface area contributed by atoms with Gasteiger partial charge in [-0.1, -0.05) is 19.9 Å². The van der Waals surface area contributed by atoms with E-state index in [0.29, 0.717) is 10.8 Å². The van der Waals surface area contributed by atoms with Gasteiger partial charge >= 0.3 is 0 Å². The Bertz CT molecular complexity index is 362. The summed E-state index contributed by atoms with van der Waals surface area (Å²) >= 11 is 3.96. The van der Waals surface area contributed by atoms with Crippen molar-refractivity contribution in [1.29, 1.82) is 0 Å². The van der Waals surface area contributed by atoms with Gasteiger partial charge in [-0.2, -0.15) is 11.8 Å². The van der Waals surface area contributed by atoms with Crippen LogP contribution in [0.4, 0.5) is 0 Å². The third-order valence-corrected chi connectivity index (χ3v) is 6.21. The minimum absolute atomic E-state index is 0.465. The van der Waals surface area contributed by atoms with Crippen molar-refractivity contribution in [3.8, 4) is 0 Å². The molecule has 0 aromatic carbocycles. The maximum atomic E-state index is 3.64. The van der Waals surface area contributed by atoms with Crippen molar-refractivity contribution in [2.45, 2.75) is 38.0 Å². The van der Waals surface area contributed by atoms with Gasteiger partial charge in [-0.15, -0.1) is 11.3 Å². The first kappa shape index (κ1) is 15.4. The van der Waals surface area contributed by atoms with Crippen LogP contribution in [0.2, 0.25) is 0 Å². The molecule has 1 aliphatic rings. The lowest BCUT2D eigenvalue weighted by Gasteiger charge is -2.23. The summed E-state index contributed by atoms with van der Waals surface area (Å²) in [6.45, 7) is 11.7. The van der Waals surface area contributed by atoms with E-state index in [2.05, 4.69) is 60.3 Å². The summed E-state index contributed by atoms with van der Waals surface area (Å²) in [6.07, 6.45) is 1.30. The number of hydrogen-bond acceptors (Lipinski definition) is 4. The molecule has 19 heavy (non-hydrogen) atoms. The summed E-state index contributed by atoms with van der Waals surface area (Å²) < 4.78 is 0.465. The molecule has 4 heteroatoms. The topological polar surface area (TPSA) is 15.3 Å². The highest BCUT2D eigenvalue weighted by Gasteiger charge is 2.23. The molecule has 0 radical (unpaired) electrons. The predicted molar refractivity (Wildman–Crippen MR) is 88.3 cm³/mol. The summed E-state index contributed by atoms with van der Waals surface area (Å²) in [7, 11) is 0. The Morgan fingerprint density at radius 1 is 1.42 bits per heavy atom. The van der Waals surface area contributed by atoms with Gasteiger partial charge in [0, 0.05) is 41.1 Å². The van der Waals surface area contributed by atoms with Gasteiger partial charge in [0.25, 0.3) is 0 Å². The third kappa shape index (κ3) is 5.10. The van der Waals surface area contributed by atoms with Crippen LogP contribution in [-0.2, 0) is 0 Å². The molecular weight excluding hydrogens is 272 g/mol. The molecule has 0 saturated carbocycles. The molecular formula is C15H26N2S2. The lowest BCUT2D eigenvalue weighted by Crippen LogP contribution is -2.34. The van der Waals surface area contributed by atoms with E-state index in [0.717, 1.165) is 6.54 Å². The Balaban J connectivity index is 1.68. The first-order valence-corrected chi connectivity index (χ1v) is 9.06. The molecule has 1 fully saturated rings. The van der Waals surface area contributed by atoms with E-state index in [9.17, 15) is 0 Å². The number of thioether (sulfide) groups is 1. The highest BCUT2D eigenvalue weighted by molar-refractivity contribution is 8.00. The van der Waals surface area contributed by atoms with Crippen molar-refractivity contribution in [3.63, 3.8) is 0 Å². The normalized spacial score (nSPS) is 22.1. The molecule has 1 aliphatic heterocycles. The second-order valence-electron chi connectivity index (χ2n) is 5.89. The Morgan fingerprint density at radius 2 is 2.26 bits per heavy atom. The molecule has 108 valence electrons. The van der Waals surface area contributed by atoms with Crippen LogP contribution in [0.15, 0.2) is 17.5 Å². The van der Waals surface area contributed by atoms with Crippen LogP contribution in [-0.4, -0.2) is 41.6 Å². The molecule has 2 rings (SSSR count). The number of rotatable bonds is 5. The number of nitrogens with one attached hydrogen (secondary N) is 1. The lowest BCUT2D eigenvalue weighted by atomic mass is 10.1. The van der Waals surface area contributed by atoms with Crippen molar-refractivity contribution in [2.24, 2.45) is 0 Å². The van der Waals surface area contributed by atoms with Crippen molar-refractivity contribution in [2.75, 3.05) is 31.9 Å². The fourth-order valence-corrected chi connectivity index (χ4v) is 4.26. The lowest BCUT2D eigenvalue weighted by molar-refractivity contribution is 0.280. The van der Waals surface area contributed by atoms with E-state index < -0.39 is 0 Å². The Kier molecular flexibility index (Phi) is 5.75. The van der Waals surface area contributed by atoms with E-state index in [1.807, 2.05) is 11.3 Å². The van der Waals surface area contributed by atoms with Gasteiger partial charge in [-0.25, -0.2) is 0 Å². The van der Waals surface area contributed by atoms with Crippen molar-refractivity contribution >= 4 is 23.1 Å². The van der Waals surface area contributed by atoms with Crippen molar-refractivity contribution in [3.05, 3.63) is 22.4 Å². The fourth-order valence-electron chi connectivity index (χ4n) is 2.36. The number of nitrogens with zero attached hydrogens (tertiary/aromatic N) is 1. The molecule has 1 aromatic rings. The van der Waals surface area contributed by atoms with Crippen molar-refractivity contribution in [1.82, 2.24) is 10.2 Å². The second kappa shape index (κ2) is 7.11. The maximum Gasteiger partial charge on any atom is 0.0386 e. The van der Waals surface area contributed by atoms with Crippen LogP contribution in [0.3, 0.4) is 0 Å². The molecule has 1 N–H and O–H groups in total.